The maximum atomic E-state index is 12.5. The molecule has 3 rings (SSSR count). The fraction of sp³-hybridized carbons (Fsp3) is 0.412. The van der Waals surface area contributed by atoms with Gasteiger partial charge in [-0.15, -0.1) is 0 Å². The Morgan fingerprint density at radius 1 is 1.44 bits per heavy atom. The number of carbonyl (C=O) groups is 1. The van der Waals surface area contributed by atoms with E-state index in [9.17, 15) is 13.2 Å². The van der Waals surface area contributed by atoms with Gasteiger partial charge in [-0.1, -0.05) is 0 Å². The lowest BCUT2D eigenvalue weighted by Crippen LogP contribution is -2.35. The second-order valence-electron chi connectivity index (χ2n) is 6.59. The molecule has 0 saturated heterocycles. The van der Waals surface area contributed by atoms with Gasteiger partial charge in [-0.25, -0.2) is 13.4 Å². The first-order chi connectivity index (χ1) is 11.8. The van der Waals surface area contributed by atoms with Crippen LogP contribution in [-0.2, 0) is 23.0 Å². The summed E-state index contributed by atoms with van der Waals surface area (Å²) in [6, 6.07) is 4.99. The lowest BCUT2D eigenvalue weighted by Gasteiger charge is -2.22. The highest BCUT2D eigenvalue weighted by Gasteiger charge is 2.32. The Morgan fingerprint density at radius 3 is 2.84 bits per heavy atom. The fourth-order valence-electron chi connectivity index (χ4n) is 3.31. The molecule has 2 aromatic rings. The van der Waals surface area contributed by atoms with Crippen molar-refractivity contribution in [2.45, 2.75) is 38.9 Å². The van der Waals surface area contributed by atoms with Crippen LogP contribution in [0.5, 0.6) is 0 Å². The fourth-order valence-corrected chi connectivity index (χ4v) is 4.58. The highest BCUT2D eigenvalue weighted by atomic mass is 32.2. The van der Waals surface area contributed by atoms with Crippen molar-refractivity contribution in [2.75, 3.05) is 10.6 Å². The number of sulfonamides is 1. The molecule has 2 atom stereocenters. The maximum absolute atomic E-state index is 12.5. The first-order valence-electron chi connectivity index (χ1n) is 8.14. The third-order valence-corrected chi connectivity index (χ3v) is 5.54. The van der Waals surface area contributed by atoms with Crippen LogP contribution in [0.25, 0.3) is 0 Å². The summed E-state index contributed by atoms with van der Waals surface area (Å²) in [6.45, 7) is 4.43. The van der Waals surface area contributed by atoms with Gasteiger partial charge >= 0.3 is 0 Å². The van der Waals surface area contributed by atoms with Crippen LogP contribution < -0.4 is 9.62 Å². The molecule has 8 heteroatoms. The van der Waals surface area contributed by atoms with Gasteiger partial charge < -0.3 is 9.88 Å². The minimum Gasteiger partial charge on any atom is -0.348 e. The maximum Gasteiger partial charge on any atom is 0.251 e. The first-order valence-corrected chi connectivity index (χ1v) is 9.99. The van der Waals surface area contributed by atoms with Gasteiger partial charge in [0.2, 0.25) is 10.0 Å². The normalized spacial score (nSPS) is 18.0. The molecule has 1 aliphatic rings. The molecule has 1 aromatic carbocycles. The lowest BCUT2D eigenvalue weighted by molar-refractivity contribution is 0.0936. The number of rotatable bonds is 5. The number of nitrogens with zero attached hydrogens (tertiary/aromatic N) is 3. The number of imidazole rings is 1. The van der Waals surface area contributed by atoms with Gasteiger partial charge in [-0.3, -0.25) is 9.10 Å². The van der Waals surface area contributed by atoms with Gasteiger partial charge in [0.25, 0.3) is 5.91 Å². The van der Waals surface area contributed by atoms with Gasteiger partial charge in [-0.2, -0.15) is 0 Å². The van der Waals surface area contributed by atoms with Crippen LogP contribution in [-0.4, -0.2) is 42.2 Å². The number of amides is 1. The van der Waals surface area contributed by atoms with E-state index in [0.29, 0.717) is 24.2 Å². The second-order valence-corrected chi connectivity index (χ2v) is 8.45. The van der Waals surface area contributed by atoms with E-state index in [1.54, 1.807) is 30.7 Å². The van der Waals surface area contributed by atoms with Gasteiger partial charge in [-0.05, 0) is 44.0 Å². The minimum absolute atomic E-state index is 0.0543. The minimum atomic E-state index is -3.32. The molecule has 1 amide bonds. The third-order valence-electron chi connectivity index (χ3n) is 4.27. The molecule has 2 unspecified atom stereocenters. The van der Waals surface area contributed by atoms with Crippen LogP contribution in [0.2, 0.25) is 0 Å². The zero-order valence-corrected chi connectivity index (χ0v) is 15.3. The largest absolute Gasteiger partial charge is 0.348 e. The zero-order chi connectivity index (χ0) is 18.2. The van der Waals surface area contributed by atoms with Crippen LogP contribution >= 0.6 is 0 Å². The molecular formula is C17H22N4O3S. The van der Waals surface area contributed by atoms with Crippen molar-refractivity contribution in [3.8, 4) is 0 Å². The number of fused-ring (bicyclic) bond motifs is 1. The van der Waals surface area contributed by atoms with E-state index in [1.165, 1.54) is 10.6 Å². The summed E-state index contributed by atoms with van der Waals surface area (Å²) in [6.07, 6.45) is 7.06. The molecule has 0 radical (unpaired) electrons. The molecule has 0 aliphatic carbocycles. The van der Waals surface area contributed by atoms with Crippen molar-refractivity contribution in [1.82, 2.24) is 14.9 Å². The predicted octanol–water partition coefficient (Wildman–Crippen LogP) is 1.41. The summed E-state index contributed by atoms with van der Waals surface area (Å²) in [5, 5.41) is 2.96. The Bertz CT molecular complexity index is 877. The van der Waals surface area contributed by atoms with Gasteiger partial charge in [0, 0.05) is 36.6 Å². The number of nitrogens with one attached hydrogen (secondary N) is 1. The Hall–Kier alpha value is -2.35. The van der Waals surface area contributed by atoms with Crippen LogP contribution in [0.4, 0.5) is 5.69 Å². The number of hydrogen-bond acceptors (Lipinski definition) is 4. The van der Waals surface area contributed by atoms with Gasteiger partial charge in [0.1, 0.15) is 0 Å². The average molecular weight is 362 g/mol. The summed E-state index contributed by atoms with van der Waals surface area (Å²) in [5.74, 6) is -0.166. The van der Waals surface area contributed by atoms with Crippen LogP contribution in [0.1, 0.15) is 29.8 Å². The molecule has 0 fully saturated rings. The summed E-state index contributed by atoms with van der Waals surface area (Å²) >= 11 is 0. The molecule has 1 aliphatic heterocycles. The third kappa shape index (κ3) is 3.68. The smallest absolute Gasteiger partial charge is 0.251 e. The second kappa shape index (κ2) is 6.51. The zero-order valence-electron chi connectivity index (χ0n) is 14.5. The molecule has 1 aromatic heterocycles. The van der Waals surface area contributed by atoms with Crippen molar-refractivity contribution in [1.29, 1.82) is 0 Å². The number of benzene rings is 1. The molecule has 0 bridgehead atoms. The molecule has 0 saturated carbocycles. The van der Waals surface area contributed by atoms with E-state index in [4.69, 9.17) is 0 Å². The number of aromatic nitrogens is 2. The highest BCUT2D eigenvalue weighted by molar-refractivity contribution is 7.92. The first kappa shape index (κ1) is 17.5. The lowest BCUT2D eigenvalue weighted by atomic mass is 10.1. The van der Waals surface area contributed by atoms with Crippen LogP contribution in [0, 0.1) is 0 Å². The molecule has 0 spiro atoms. The van der Waals surface area contributed by atoms with Crippen LogP contribution in [0.15, 0.2) is 36.9 Å². The standard InChI is InChI=1S/C17H22N4O3S/c1-12(10-20-7-6-18-11-20)19-17(22)14-4-5-16-15(9-14)8-13(2)21(16)25(3,23)24/h4-7,9,11-13H,8,10H2,1-3H3,(H,19,22). The van der Waals surface area contributed by atoms with E-state index in [2.05, 4.69) is 10.3 Å². The SMILES string of the molecule is CC(Cn1ccnc1)NC(=O)c1ccc2c(c1)CC(C)N2S(C)(=O)=O. The summed E-state index contributed by atoms with van der Waals surface area (Å²) < 4.78 is 27.2. The highest BCUT2D eigenvalue weighted by Crippen LogP contribution is 2.34. The summed E-state index contributed by atoms with van der Waals surface area (Å²) in [7, 11) is -3.32. The van der Waals surface area contributed by atoms with Crippen molar-refractivity contribution in [3.05, 3.63) is 48.0 Å². The predicted molar refractivity (Wildman–Crippen MR) is 96.1 cm³/mol. The van der Waals surface area contributed by atoms with Crippen molar-refractivity contribution >= 4 is 21.6 Å². The van der Waals surface area contributed by atoms with E-state index in [1.807, 2.05) is 24.6 Å². The van der Waals surface area contributed by atoms with Gasteiger partial charge in [0.15, 0.2) is 0 Å². The summed E-state index contributed by atoms with van der Waals surface area (Å²) in [5.41, 5.74) is 2.09. The Kier molecular flexibility index (Phi) is 4.55. The Balaban J connectivity index is 1.74. The van der Waals surface area contributed by atoms with Gasteiger partial charge in [0.05, 0.1) is 18.3 Å². The number of anilines is 1. The topological polar surface area (TPSA) is 84.3 Å². The van der Waals surface area contributed by atoms with E-state index in [0.717, 1.165) is 5.56 Å². The van der Waals surface area contributed by atoms with E-state index in [-0.39, 0.29) is 18.0 Å². The molecule has 134 valence electrons. The van der Waals surface area contributed by atoms with Crippen molar-refractivity contribution in [2.24, 2.45) is 0 Å². The number of hydrogen-bond donors (Lipinski definition) is 1. The quantitative estimate of drug-likeness (QED) is 0.872. The average Bonchev–Trinajstić information content (AvgIpc) is 3.11. The Morgan fingerprint density at radius 2 is 2.20 bits per heavy atom. The van der Waals surface area contributed by atoms with Crippen molar-refractivity contribution in [3.63, 3.8) is 0 Å². The molecule has 25 heavy (non-hydrogen) atoms. The monoisotopic (exact) mass is 362 g/mol. The number of carbonyl (C=O) groups excluding carboxylic acids is 1. The Labute approximate surface area is 147 Å². The molecular weight excluding hydrogens is 340 g/mol. The van der Waals surface area contributed by atoms with Crippen molar-refractivity contribution < 1.29 is 13.2 Å². The van der Waals surface area contributed by atoms with E-state index >= 15 is 0 Å². The van der Waals surface area contributed by atoms with Crippen LogP contribution in [0.3, 0.4) is 0 Å². The summed E-state index contributed by atoms with van der Waals surface area (Å²) in [4.78, 5) is 16.5. The van der Waals surface area contributed by atoms with E-state index < -0.39 is 10.0 Å². The molecule has 2 heterocycles. The molecule has 1 N–H and O–H groups in total. The molecule has 7 nitrogen and oxygen atoms in total.